The van der Waals surface area contributed by atoms with Gasteiger partial charge in [-0.25, -0.2) is 19.3 Å². The van der Waals surface area contributed by atoms with Gasteiger partial charge < -0.3 is 5.32 Å². The van der Waals surface area contributed by atoms with Crippen molar-refractivity contribution in [3.05, 3.63) is 82.9 Å². The highest BCUT2D eigenvalue weighted by Crippen LogP contribution is 2.36. The molecule has 168 valence electrons. The van der Waals surface area contributed by atoms with Gasteiger partial charge in [0.2, 0.25) is 0 Å². The fraction of sp³-hybridized carbons (Fsp3) is 0.0909. The summed E-state index contributed by atoms with van der Waals surface area (Å²) in [6.07, 6.45) is -1.82. The van der Waals surface area contributed by atoms with E-state index in [9.17, 15) is 22.4 Å². The van der Waals surface area contributed by atoms with Crippen LogP contribution in [0, 0.1) is 12.7 Å². The lowest BCUT2D eigenvalue weighted by Crippen LogP contribution is -2.11. The number of alkyl halides is 3. The Morgan fingerprint density at radius 1 is 1.06 bits per heavy atom. The molecule has 11 heteroatoms. The third kappa shape index (κ3) is 5.14. The number of nitrogens with one attached hydrogen (secondary N) is 2. The van der Waals surface area contributed by atoms with Crippen LogP contribution < -0.4 is 10.6 Å². The van der Waals surface area contributed by atoms with Crippen molar-refractivity contribution in [3.63, 3.8) is 0 Å². The van der Waals surface area contributed by atoms with Gasteiger partial charge in [0, 0.05) is 27.9 Å². The third-order valence-corrected chi connectivity index (χ3v) is 5.45. The van der Waals surface area contributed by atoms with Gasteiger partial charge in [-0.2, -0.15) is 13.2 Å². The highest BCUT2D eigenvalue weighted by molar-refractivity contribution is 7.16. The molecule has 0 fully saturated rings. The van der Waals surface area contributed by atoms with Crippen LogP contribution in [0.5, 0.6) is 0 Å². The van der Waals surface area contributed by atoms with E-state index in [4.69, 9.17) is 0 Å². The summed E-state index contributed by atoms with van der Waals surface area (Å²) in [6.45, 7) is 1.66. The molecule has 2 N–H and O–H groups in total. The standard InChI is InChI=1S/C22H15F4N5OS/c1-12-19(14-4-7-17(23)16(10-14)22(24,25)26)30-21(33-12)31-20(32)13-2-5-15(6-3-13)29-18-8-9-27-11-28-18/h2-11H,1H3,(H,27,28,29)(H,30,31,32). The van der Waals surface area contributed by atoms with Crippen molar-refractivity contribution in [2.75, 3.05) is 10.6 Å². The molecule has 4 rings (SSSR count). The first kappa shape index (κ1) is 22.3. The van der Waals surface area contributed by atoms with Crippen LogP contribution in [-0.2, 0) is 6.18 Å². The average Bonchev–Trinajstić information content (AvgIpc) is 3.14. The Morgan fingerprint density at radius 2 is 1.82 bits per heavy atom. The molecule has 0 atom stereocenters. The lowest BCUT2D eigenvalue weighted by atomic mass is 10.1. The summed E-state index contributed by atoms with van der Waals surface area (Å²) in [4.78, 5) is 25.3. The van der Waals surface area contributed by atoms with Crippen LogP contribution in [0.25, 0.3) is 11.3 Å². The normalized spacial score (nSPS) is 11.3. The second-order valence-corrected chi connectivity index (χ2v) is 8.07. The number of thiazole rings is 1. The molecule has 0 saturated heterocycles. The fourth-order valence-electron chi connectivity index (χ4n) is 2.99. The molecule has 0 saturated carbocycles. The number of aromatic nitrogens is 3. The summed E-state index contributed by atoms with van der Waals surface area (Å²) in [5.41, 5.74) is 0.0603. The number of hydrogen-bond acceptors (Lipinski definition) is 6. The molecule has 4 aromatic rings. The van der Waals surface area contributed by atoms with Crippen molar-refractivity contribution in [2.45, 2.75) is 13.1 Å². The zero-order valence-corrected chi connectivity index (χ0v) is 17.8. The molecule has 1 amide bonds. The van der Waals surface area contributed by atoms with E-state index in [1.54, 1.807) is 43.5 Å². The van der Waals surface area contributed by atoms with Gasteiger partial charge in [0.1, 0.15) is 18.0 Å². The first-order valence-electron chi connectivity index (χ1n) is 9.50. The maximum atomic E-state index is 13.6. The third-order valence-electron chi connectivity index (χ3n) is 4.56. The second-order valence-electron chi connectivity index (χ2n) is 6.87. The van der Waals surface area contributed by atoms with Gasteiger partial charge in [-0.3, -0.25) is 10.1 Å². The van der Waals surface area contributed by atoms with E-state index in [1.165, 1.54) is 12.4 Å². The minimum atomic E-state index is -4.82. The molecule has 6 nitrogen and oxygen atoms in total. The van der Waals surface area contributed by atoms with E-state index in [2.05, 4.69) is 25.6 Å². The molecule has 0 unspecified atom stereocenters. The van der Waals surface area contributed by atoms with Crippen LogP contribution in [0.15, 0.2) is 61.1 Å². The van der Waals surface area contributed by atoms with Crippen LogP contribution in [-0.4, -0.2) is 20.9 Å². The predicted octanol–water partition coefficient (Wildman–Crippen LogP) is 6.06. The quantitative estimate of drug-likeness (QED) is 0.344. The maximum Gasteiger partial charge on any atom is 0.419 e. The number of carbonyl (C=O) groups excluding carboxylic acids is 1. The van der Waals surface area contributed by atoms with E-state index in [0.717, 1.165) is 23.1 Å². The van der Waals surface area contributed by atoms with Crippen molar-refractivity contribution < 1.29 is 22.4 Å². The molecule has 0 spiro atoms. The van der Waals surface area contributed by atoms with E-state index in [0.29, 0.717) is 22.3 Å². The van der Waals surface area contributed by atoms with Gasteiger partial charge in [-0.1, -0.05) is 0 Å². The Hall–Kier alpha value is -3.86. The molecule has 2 aromatic heterocycles. The van der Waals surface area contributed by atoms with Gasteiger partial charge in [0.05, 0.1) is 11.3 Å². The smallest absolute Gasteiger partial charge is 0.340 e. The molecule has 0 aliphatic rings. The van der Waals surface area contributed by atoms with Crippen LogP contribution in [0.2, 0.25) is 0 Å². The Balaban J connectivity index is 1.49. The molecule has 0 bridgehead atoms. The molecule has 2 aromatic carbocycles. The maximum absolute atomic E-state index is 13.6. The van der Waals surface area contributed by atoms with Crippen molar-refractivity contribution in [1.29, 1.82) is 0 Å². The van der Waals surface area contributed by atoms with Crippen LogP contribution in [0.3, 0.4) is 0 Å². The number of nitrogens with zero attached hydrogens (tertiary/aromatic N) is 3. The number of hydrogen-bond donors (Lipinski definition) is 2. The molecule has 2 heterocycles. The summed E-state index contributed by atoms with van der Waals surface area (Å²) in [5, 5.41) is 5.93. The fourth-order valence-corrected chi connectivity index (χ4v) is 3.83. The van der Waals surface area contributed by atoms with Gasteiger partial charge in [-0.15, -0.1) is 11.3 Å². The van der Waals surface area contributed by atoms with Crippen molar-refractivity contribution in [1.82, 2.24) is 15.0 Å². The topological polar surface area (TPSA) is 79.8 Å². The van der Waals surface area contributed by atoms with Crippen LogP contribution in [0.1, 0.15) is 20.8 Å². The average molecular weight is 473 g/mol. The Kier molecular flexibility index (Phi) is 6.05. The summed E-state index contributed by atoms with van der Waals surface area (Å²) < 4.78 is 52.7. The Bertz CT molecular complexity index is 1290. The summed E-state index contributed by atoms with van der Waals surface area (Å²) in [7, 11) is 0. The van der Waals surface area contributed by atoms with E-state index >= 15 is 0 Å². The van der Waals surface area contributed by atoms with Crippen LogP contribution >= 0.6 is 11.3 Å². The zero-order valence-electron chi connectivity index (χ0n) is 16.9. The summed E-state index contributed by atoms with van der Waals surface area (Å²) in [6, 6.07) is 11.0. The van der Waals surface area contributed by atoms with Gasteiger partial charge in [-0.05, 0) is 55.5 Å². The number of carbonyl (C=O) groups is 1. The first-order valence-corrected chi connectivity index (χ1v) is 10.3. The number of benzene rings is 2. The lowest BCUT2D eigenvalue weighted by Gasteiger charge is -2.09. The number of aryl methyl sites for hydroxylation is 1. The summed E-state index contributed by atoms with van der Waals surface area (Å²) >= 11 is 1.11. The monoisotopic (exact) mass is 473 g/mol. The molecular formula is C22H15F4N5OS. The highest BCUT2D eigenvalue weighted by atomic mass is 32.1. The minimum Gasteiger partial charge on any atom is -0.340 e. The first-order chi connectivity index (χ1) is 15.7. The number of rotatable bonds is 5. The molecule has 0 aliphatic heterocycles. The SMILES string of the molecule is Cc1sc(NC(=O)c2ccc(Nc3ccncn3)cc2)nc1-c1ccc(F)c(C(F)(F)F)c1. The number of halogens is 4. The predicted molar refractivity (Wildman–Crippen MR) is 117 cm³/mol. The highest BCUT2D eigenvalue weighted by Gasteiger charge is 2.34. The Labute approximate surface area is 189 Å². The minimum absolute atomic E-state index is 0.109. The Morgan fingerprint density at radius 3 is 2.48 bits per heavy atom. The van der Waals surface area contributed by atoms with E-state index < -0.39 is 23.5 Å². The summed E-state index contributed by atoms with van der Waals surface area (Å²) in [5.74, 6) is -1.19. The van der Waals surface area contributed by atoms with Gasteiger partial charge >= 0.3 is 6.18 Å². The van der Waals surface area contributed by atoms with E-state index in [1.807, 2.05) is 0 Å². The lowest BCUT2D eigenvalue weighted by molar-refractivity contribution is -0.139. The van der Waals surface area contributed by atoms with Crippen LogP contribution in [0.4, 0.5) is 34.2 Å². The second kappa shape index (κ2) is 8.94. The van der Waals surface area contributed by atoms with Crippen molar-refractivity contribution in [3.8, 4) is 11.3 Å². The van der Waals surface area contributed by atoms with Gasteiger partial charge in [0.15, 0.2) is 5.13 Å². The van der Waals surface area contributed by atoms with Crippen molar-refractivity contribution >= 4 is 33.9 Å². The molecule has 33 heavy (non-hydrogen) atoms. The van der Waals surface area contributed by atoms with Gasteiger partial charge in [0.25, 0.3) is 5.91 Å². The molecular weight excluding hydrogens is 458 g/mol. The largest absolute Gasteiger partial charge is 0.419 e. The van der Waals surface area contributed by atoms with Crippen molar-refractivity contribution in [2.24, 2.45) is 0 Å². The number of anilines is 3. The molecule has 0 aliphatic carbocycles. The molecule has 0 radical (unpaired) electrons. The number of amides is 1. The van der Waals surface area contributed by atoms with E-state index in [-0.39, 0.29) is 16.4 Å². The zero-order chi connectivity index (χ0) is 23.6.